The number of likely N-dealkylation sites (N-methyl/N-ethyl adjacent to an activating group) is 1. The molecule has 0 atom stereocenters. The maximum absolute atomic E-state index is 13.0. The molecule has 1 N–H and O–H groups in total. The predicted octanol–water partition coefficient (Wildman–Crippen LogP) is 2.20. The Hall–Kier alpha value is -3.58. The molecule has 7 nitrogen and oxygen atoms in total. The molecule has 0 aliphatic rings. The summed E-state index contributed by atoms with van der Waals surface area (Å²) in [4.78, 5) is 36.5. The fourth-order valence-electron chi connectivity index (χ4n) is 3.21. The average molecular weight is 387 g/mol. The summed E-state index contributed by atoms with van der Waals surface area (Å²) in [5.74, 6) is -0.250. The van der Waals surface area contributed by atoms with Crippen molar-refractivity contribution in [2.24, 2.45) is 0 Å². The van der Waals surface area contributed by atoms with Crippen molar-refractivity contribution in [2.75, 3.05) is 27.2 Å². The van der Waals surface area contributed by atoms with Crippen LogP contribution < -0.4 is 10.9 Å². The minimum atomic E-state index is -0.250. The third kappa shape index (κ3) is 3.72. The third-order valence-corrected chi connectivity index (χ3v) is 4.72. The zero-order chi connectivity index (χ0) is 20.4. The SMILES string of the molecule is CN(C)CCNC(=O)c1cccn2c(=O)c3ccc(-c4cccnc4)cc3nc12. The van der Waals surface area contributed by atoms with Gasteiger partial charge in [0.2, 0.25) is 0 Å². The lowest BCUT2D eigenvalue weighted by atomic mass is 10.1. The minimum Gasteiger partial charge on any atom is -0.351 e. The fourth-order valence-corrected chi connectivity index (χ4v) is 3.21. The monoisotopic (exact) mass is 387 g/mol. The van der Waals surface area contributed by atoms with Crippen LogP contribution in [-0.2, 0) is 0 Å². The first-order valence-corrected chi connectivity index (χ1v) is 9.33. The summed E-state index contributed by atoms with van der Waals surface area (Å²) < 4.78 is 1.42. The number of nitrogens with one attached hydrogen (secondary N) is 1. The lowest BCUT2D eigenvalue weighted by molar-refractivity contribution is 0.0952. The van der Waals surface area contributed by atoms with Gasteiger partial charge in [0.1, 0.15) is 0 Å². The molecule has 4 aromatic rings. The number of carbonyl (C=O) groups is 1. The van der Waals surface area contributed by atoms with Gasteiger partial charge in [-0.1, -0.05) is 12.1 Å². The van der Waals surface area contributed by atoms with Crippen molar-refractivity contribution in [3.63, 3.8) is 0 Å². The molecule has 0 saturated carbocycles. The second kappa shape index (κ2) is 7.81. The van der Waals surface area contributed by atoms with E-state index in [9.17, 15) is 9.59 Å². The lowest BCUT2D eigenvalue weighted by Crippen LogP contribution is -2.32. The van der Waals surface area contributed by atoms with Crippen molar-refractivity contribution in [2.45, 2.75) is 0 Å². The summed E-state index contributed by atoms with van der Waals surface area (Å²) in [5.41, 5.74) is 2.91. The number of rotatable bonds is 5. The Morgan fingerprint density at radius 2 is 2.00 bits per heavy atom. The second-order valence-corrected chi connectivity index (χ2v) is 7.07. The number of nitrogens with zero attached hydrogens (tertiary/aromatic N) is 4. The topological polar surface area (TPSA) is 79.6 Å². The van der Waals surface area contributed by atoms with E-state index in [2.05, 4.69) is 15.3 Å². The van der Waals surface area contributed by atoms with Gasteiger partial charge in [0.15, 0.2) is 5.65 Å². The van der Waals surface area contributed by atoms with E-state index in [0.29, 0.717) is 28.7 Å². The van der Waals surface area contributed by atoms with Crippen molar-refractivity contribution in [1.82, 2.24) is 24.6 Å². The van der Waals surface area contributed by atoms with E-state index in [0.717, 1.165) is 17.7 Å². The van der Waals surface area contributed by atoms with Crippen LogP contribution in [0.2, 0.25) is 0 Å². The van der Waals surface area contributed by atoms with Crippen LogP contribution in [0.5, 0.6) is 0 Å². The van der Waals surface area contributed by atoms with Gasteiger partial charge in [-0.2, -0.15) is 0 Å². The van der Waals surface area contributed by atoms with Gasteiger partial charge in [0.25, 0.3) is 11.5 Å². The molecule has 0 aliphatic heterocycles. The molecule has 3 aromatic heterocycles. The molecule has 0 aliphatic carbocycles. The predicted molar refractivity (Wildman–Crippen MR) is 113 cm³/mol. The summed E-state index contributed by atoms with van der Waals surface area (Å²) in [6.45, 7) is 1.23. The molecule has 0 fully saturated rings. The van der Waals surface area contributed by atoms with Gasteiger partial charge < -0.3 is 10.2 Å². The Morgan fingerprint density at radius 3 is 2.76 bits per heavy atom. The number of carbonyl (C=O) groups excluding carboxylic acids is 1. The number of hydrogen-bond acceptors (Lipinski definition) is 5. The third-order valence-electron chi connectivity index (χ3n) is 4.72. The molecular formula is C22H21N5O2. The van der Waals surface area contributed by atoms with Crippen LogP contribution in [0, 0.1) is 0 Å². The smallest absolute Gasteiger partial charge is 0.265 e. The maximum Gasteiger partial charge on any atom is 0.265 e. The van der Waals surface area contributed by atoms with Gasteiger partial charge in [-0.05, 0) is 50.0 Å². The largest absolute Gasteiger partial charge is 0.351 e. The second-order valence-electron chi connectivity index (χ2n) is 7.07. The van der Waals surface area contributed by atoms with E-state index in [4.69, 9.17) is 0 Å². The molecule has 0 spiro atoms. The van der Waals surface area contributed by atoms with Gasteiger partial charge in [-0.3, -0.25) is 19.0 Å². The van der Waals surface area contributed by atoms with E-state index in [1.165, 1.54) is 4.40 Å². The van der Waals surface area contributed by atoms with E-state index < -0.39 is 0 Å². The zero-order valence-electron chi connectivity index (χ0n) is 16.3. The van der Waals surface area contributed by atoms with Gasteiger partial charge >= 0.3 is 0 Å². The van der Waals surface area contributed by atoms with Crippen LogP contribution in [0.25, 0.3) is 27.7 Å². The van der Waals surface area contributed by atoms with Crippen LogP contribution in [0.15, 0.2) is 65.8 Å². The van der Waals surface area contributed by atoms with Crippen molar-refractivity contribution in [1.29, 1.82) is 0 Å². The number of fused-ring (bicyclic) bond motifs is 2. The molecule has 3 heterocycles. The average Bonchev–Trinajstić information content (AvgIpc) is 2.73. The number of aromatic nitrogens is 3. The lowest BCUT2D eigenvalue weighted by Gasteiger charge is -2.12. The zero-order valence-corrected chi connectivity index (χ0v) is 16.3. The quantitative estimate of drug-likeness (QED) is 0.531. The van der Waals surface area contributed by atoms with Gasteiger partial charge in [0, 0.05) is 37.2 Å². The van der Waals surface area contributed by atoms with Crippen molar-refractivity contribution >= 4 is 22.5 Å². The van der Waals surface area contributed by atoms with Gasteiger partial charge in [-0.15, -0.1) is 0 Å². The first kappa shape index (κ1) is 18.8. The molecule has 29 heavy (non-hydrogen) atoms. The van der Waals surface area contributed by atoms with Crippen LogP contribution in [0.1, 0.15) is 10.4 Å². The highest BCUT2D eigenvalue weighted by Gasteiger charge is 2.14. The molecule has 0 radical (unpaired) electrons. The Balaban J connectivity index is 1.82. The van der Waals surface area contributed by atoms with Crippen LogP contribution in [-0.4, -0.2) is 52.4 Å². The van der Waals surface area contributed by atoms with Crippen LogP contribution in [0.4, 0.5) is 0 Å². The van der Waals surface area contributed by atoms with Crippen molar-refractivity contribution in [3.05, 3.63) is 77.0 Å². The van der Waals surface area contributed by atoms with E-state index in [-0.39, 0.29) is 11.5 Å². The van der Waals surface area contributed by atoms with Crippen LogP contribution in [0.3, 0.4) is 0 Å². The summed E-state index contributed by atoms with van der Waals surface area (Å²) in [6.07, 6.45) is 5.11. The number of pyridine rings is 2. The standard InChI is InChI=1S/C22H21N5O2/c1-26(2)12-10-24-21(28)18-6-4-11-27-20(18)25-19-13-15(7-8-17(19)22(27)29)16-5-3-9-23-14-16/h3-9,11,13-14H,10,12H2,1-2H3,(H,24,28). The van der Waals surface area contributed by atoms with E-state index in [1.807, 2.05) is 43.3 Å². The van der Waals surface area contributed by atoms with E-state index >= 15 is 0 Å². The summed E-state index contributed by atoms with van der Waals surface area (Å²) >= 11 is 0. The molecule has 0 saturated heterocycles. The summed E-state index contributed by atoms with van der Waals surface area (Å²) in [5, 5.41) is 3.38. The van der Waals surface area contributed by atoms with Crippen LogP contribution >= 0.6 is 0 Å². The summed E-state index contributed by atoms with van der Waals surface area (Å²) in [6, 6.07) is 12.7. The molecule has 1 aromatic carbocycles. The highest BCUT2D eigenvalue weighted by Crippen LogP contribution is 2.22. The highest BCUT2D eigenvalue weighted by atomic mass is 16.2. The minimum absolute atomic E-state index is 0.203. The first-order chi connectivity index (χ1) is 14.0. The Bertz CT molecular complexity index is 1250. The Morgan fingerprint density at radius 1 is 1.14 bits per heavy atom. The maximum atomic E-state index is 13.0. The molecule has 1 amide bonds. The fraction of sp³-hybridized carbons (Fsp3) is 0.182. The van der Waals surface area contributed by atoms with Gasteiger partial charge in [-0.25, -0.2) is 4.98 Å². The van der Waals surface area contributed by atoms with Crippen molar-refractivity contribution in [3.8, 4) is 11.1 Å². The van der Waals surface area contributed by atoms with Gasteiger partial charge in [0.05, 0.1) is 16.5 Å². The molecule has 0 bridgehead atoms. The van der Waals surface area contributed by atoms with Crippen molar-refractivity contribution < 1.29 is 4.79 Å². The Labute approximate surface area is 167 Å². The normalized spacial score (nSPS) is 11.3. The molecule has 7 heteroatoms. The first-order valence-electron chi connectivity index (χ1n) is 9.33. The number of hydrogen-bond donors (Lipinski definition) is 1. The van der Waals surface area contributed by atoms with E-state index in [1.54, 1.807) is 36.8 Å². The summed E-state index contributed by atoms with van der Waals surface area (Å²) in [7, 11) is 3.88. The molecular weight excluding hydrogens is 366 g/mol. The highest BCUT2D eigenvalue weighted by molar-refractivity contribution is 6.00. The molecule has 4 rings (SSSR count). The number of benzene rings is 1. The number of amides is 1. The molecule has 146 valence electrons. The Kier molecular flexibility index (Phi) is 5.05. The molecule has 0 unspecified atom stereocenters.